The first-order valence-electron chi connectivity index (χ1n) is 3.62. The zero-order valence-electron chi connectivity index (χ0n) is 5.94. The highest BCUT2D eigenvalue weighted by Crippen LogP contribution is 2.18. The van der Waals surface area contributed by atoms with Gasteiger partial charge in [-0.05, 0) is 19.4 Å². The molecule has 5 nitrogen and oxygen atoms in total. The molecule has 5 heteroatoms. The first kappa shape index (κ1) is 6.60. The highest BCUT2D eigenvalue weighted by molar-refractivity contribution is 6.06. The average Bonchev–Trinajstić information content (AvgIpc) is 2.45. The van der Waals surface area contributed by atoms with Gasteiger partial charge in [0.15, 0.2) is 5.66 Å². The van der Waals surface area contributed by atoms with Crippen molar-refractivity contribution in [2.24, 2.45) is 0 Å². The Morgan fingerprint density at radius 3 is 2.64 bits per heavy atom. The Kier molecular flexibility index (Phi) is 1.17. The van der Waals surface area contributed by atoms with Gasteiger partial charge in [0.2, 0.25) is 0 Å². The van der Waals surface area contributed by atoms with Gasteiger partial charge in [0.1, 0.15) is 0 Å². The van der Waals surface area contributed by atoms with Crippen LogP contribution in [0.15, 0.2) is 0 Å². The number of rotatable bonds is 0. The molecule has 1 unspecified atom stereocenters. The summed E-state index contributed by atoms with van der Waals surface area (Å²) in [6.07, 6.45) is 1.61. The third-order valence-electron chi connectivity index (χ3n) is 2.10. The summed E-state index contributed by atoms with van der Waals surface area (Å²) in [7, 11) is 0. The third kappa shape index (κ3) is 0.808. The monoisotopic (exact) mass is 155 g/mol. The summed E-state index contributed by atoms with van der Waals surface area (Å²) < 4.78 is 0. The topological polar surface area (TPSA) is 70.2 Å². The van der Waals surface area contributed by atoms with E-state index in [2.05, 4.69) is 16.0 Å². The van der Waals surface area contributed by atoms with E-state index in [9.17, 15) is 9.59 Å². The van der Waals surface area contributed by atoms with Crippen LogP contribution in [0.3, 0.4) is 0 Å². The molecule has 0 aromatic carbocycles. The molecule has 11 heavy (non-hydrogen) atoms. The van der Waals surface area contributed by atoms with Crippen LogP contribution < -0.4 is 16.0 Å². The summed E-state index contributed by atoms with van der Waals surface area (Å²) in [6.45, 7) is 0.785. The minimum absolute atomic E-state index is 0.250. The molecule has 3 N–H and O–H groups in total. The molecule has 0 radical (unpaired) electrons. The number of nitrogens with one attached hydrogen (secondary N) is 3. The van der Waals surface area contributed by atoms with E-state index >= 15 is 0 Å². The fourth-order valence-electron chi connectivity index (χ4n) is 1.54. The van der Waals surface area contributed by atoms with Gasteiger partial charge in [-0.2, -0.15) is 0 Å². The highest BCUT2D eigenvalue weighted by atomic mass is 16.2. The van der Waals surface area contributed by atoms with Crippen LogP contribution >= 0.6 is 0 Å². The van der Waals surface area contributed by atoms with Gasteiger partial charge in [0, 0.05) is 0 Å². The summed E-state index contributed by atoms with van der Waals surface area (Å²) in [5.74, 6) is -0.250. The van der Waals surface area contributed by atoms with Crippen LogP contribution in [-0.4, -0.2) is 24.1 Å². The molecule has 0 bridgehead atoms. The van der Waals surface area contributed by atoms with Crippen LogP contribution in [0, 0.1) is 0 Å². The largest absolute Gasteiger partial charge is 0.323 e. The average molecular weight is 155 g/mol. The maximum absolute atomic E-state index is 11.2. The van der Waals surface area contributed by atoms with Gasteiger partial charge >= 0.3 is 6.03 Å². The minimum Gasteiger partial charge on any atom is -0.311 e. The van der Waals surface area contributed by atoms with Crippen LogP contribution in [0.1, 0.15) is 12.8 Å². The minimum atomic E-state index is -0.781. The van der Waals surface area contributed by atoms with E-state index < -0.39 is 11.7 Å². The van der Waals surface area contributed by atoms with E-state index in [0.717, 1.165) is 13.0 Å². The third-order valence-corrected chi connectivity index (χ3v) is 2.10. The van der Waals surface area contributed by atoms with Crippen molar-refractivity contribution >= 4 is 11.9 Å². The molecule has 0 saturated carbocycles. The standard InChI is InChI=1S/C6H9N3O2/c10-4-6(2-1-3-7-6)9-5(11)8-4/h7H,1-3H2,(H2,8,9,10,11). The molecule has 2 aliphatic rings. The smallest absolute Gasteiger partial charge is 0.311 e. The summed E-state index contributed by atoms with van der Waals surface area (Å²) in [5.41, 5.74) is -0.781. The van der Waals surface area contributed by atoms with Gasteiger partial charge in [0.25, 0.3) is 5.91 Å². The Balaban J connectivity index is 2.24. The molecule has 1 atom stereocenters. The van der Waals surface area contributed by atoms with Crippen LogP contribution in [0.5, 0.6) is 0 Å². The fourth-order valence-corrected chi connectivity index (χ4v) is 1.54. The summed E-state index contributed by atoms with van der Waals surface area (Å²) in [6, 6.07) is -0.399. The van der Waals surface area contributed by atoms with E-state index in [4.69, 9.17) is 0 Å². The van der Waals surface area contributed by atoms with Crippen molar-refractivity contribution < 1.29 is 9.59 Å². The molecule has 0 aromatic rings. The highest BCUT2D eigenvalue weighted by Gasteiger charge is 2.47. The molecule has 1 spiro atoms. The van der Waals surface area contributed by atoms with E-state index in [-0.39, 0.29) is 5.91 Å². The zero-order chi connectivity index (χ0) is 7.90. The van der Waals surface area contributed by atoms with Crippen LogP contribution in [0.4, 0.5) is 4.79 Å². The predicted octanol–water partition coefficient (Wildman–Crippen LogP) is -1.09. The molecule has 0 aromatic heterocycles. The number of carbonyl (C=O) groups is 2. The maximum Gasteiger partial charge on any atom is 0.323 e. The van der Waals surface area contributed by atoms with Crippen molar-refractivity contribution in [2.75, 3.05) is 6.54 Å². The molecule has 60 valence electrons. The molecule has 0 aliphatic carbocycles. The van der Waals surface area contributed by atoms with Crippen molar-refractivity contribution in [1.29, 1.82) is 0 Å². The molecule has 2 aliphatic heterocycles. The molecule has 2 heterocycles. The first-order valence-corrected chi connectivity index (χ1v) is 3.62. The molecular formula is C6H9N3O2. The Hall–Kier alpha value is -1.10. The number of hydrogen-bond donors (Lipinski definition) is 3. The molecule has 2 fully saturated rings. The van der Waals surface area contributed by atoms with E-state index in [1.165, 1.54) is 0 Å². The van der Waals surface area contributed by atoms with Crippen molar-refractivity contribution in [3.05, 3.63) is 0 Å². The SMILES string of the molecule is O=C1NC(=O)C2(CCCN2)N1. The number of urea groups is 1. The molecule has 2 rings (SSSR count). The molecule has 2 saturated heterocycles. The van der Waals surface area contributed by atoms with Gasteiger partial charge in [-0.3, -0.25) is 15.4 Å². The second-order valence-corrected chi connectivity index (χ2v) is 2.84. The fraction of sp³-hybridized carbons (Fsp3) is 0.667. The first-order chi connectivity index (χ1) is 5.23. The lowest BCUT2D eigenvalue weighted by Crippen LogP contribution is -2.54. The Morgan fingerprint density at radius 1 is 1.36 bits per heavy atom. The second-order valence-electron chi connectivity index (χ2n) is 2.84. The molecule has 3 amide bonds. The van der Waals surface area contributed by atoms with E-state index in [1.807, 2.05) is 0 Å². The Morgan fingerprint density at radius 2 is 2.18 bits per heavy atom. The van der Waals surface area contributed by atoms with Crippen LogP contribution in [0.2, 0.25) is 0 Å². The van der Waals surface area contributed by atoms with E-state index in [1.54, 1.807) is 0 Å². The number of imide groups is 1. The van der Waals surface area contributed by atoms with Crippen molar-refractivity contribution in [3.63, 3.8) is 0 Å². The number of carbonyl (C=O) groups excluding carboxylic acids is 2. The van der Waals surface area contributed by atoms with Gasteiger partial charge < -0.3 is 5.32 Å². The van der Waals surface area contributed by atoms with Crippen LogP contribution in [-0.2, 0) is 4.79 Å². The molecular weight excluding hydrogens is 146 g/mol. The van der Waals surface area contributed by atoms with Crippen LogP contribution in [0.25, 0.3) is 0 Å². The lowest BCUT2D eigenvalue weighted by atomic mass is 10.1. The zero-order valence-corrected chi connectivity index (χ0v) is 5.94. The quantitative estimate of drug-likeness (QED) is 0.389. The number of amides is 3. The predicted molar refractivity (Wildman–Crippen MR) is 36.6 cm³/mol. The van der Waals surface area contributed by atoms with E-state index in [0.29, 0.717) is 6.42 Å². The Labute approximate surface area is 63.5 Å². The summed E-state index contributed by atoms with van der Waals surface area (Å²) in [4.78, 5) is 21.9. The van der Waals surface area contributed by atoms with Gasteiger partial charge in [0.05, 0.1) is 0 Å². The normalized spacial score (nSPS) is 36.0. The summed E-state index contributed by atoms with van der Waals surface area (Å²) >= 11 is 0. The Bertz CT molecular complexity index is 220. The van der Waals surface area contributed by atoms with Gasteiger partial charge in [-0.25, -0.2) is 4.79 Å². The lowest BCUT2D eigenvalue weighted by Gasteiger charge is -2.18. The van der Waals surface area contributed by atoms with Gasteiger partial charge in [-0.15, -0.1) is 0 Å². The number of hydrogen-bond acceptors (Lipinski definition) is 3. The van der Waals surface area contributed by atoms with Crippen molar-refractivity contribution in [2.45, 2.75) is 18.5 Å². The van der Waals surface area contributed by atoms with Gasteiger partial charge in [-0.1, -0.05) is 0 Å². The second kappa shape index (κ2) is 1.94. The summed E-state index contributed by atoms with van der Waals surface area (Å²) in [5, 5.41) is 7.73. The van der Waals surface area contributed by atoms with Crippen molar-refractivity contribution in [1.82, 2.24) is 16.0 Å². The lowest BCUT2D eigenvalue weighted by molar-refractivity contribution is -0.124. The van der Waals surface area contributed by atoms with Crippen molar-refractivity contribution in [3.8, 4) is 0 Å². The maximum atomic E-state index is 11.2.